The minimum absolute atomic E-state index is 0.210. The molecule has 9 heteroatoms. The Kier molecular flexibility index (Phi) is 5.17. The van der Waals surface area contributed by atoms with E-state index in [1.54, 1.807) is 0 Å². The van der Waals surface area contributed by atoms with Gasteiger partial charge in [0.15, 0.2) is 5.69 Å². The molecule has 0 aromatic carbocycles. The first kappa shape index (κ1) is 18.3. The van der Waals surface area contributed by atoms with Crippen molar-refractivity contribution in [3.63, 3.8) is 0 Å². The summed E-state index contributed by atoms with van der Waals surface area (Å²) >= 11 is 0. The van der Waals surface area contributed by atoms with Gasteiger partial charge < -0.3 is 14.7 Å². The Morgan fingerprint density at radius 3 is 2.64 bits per heavy atom. The maximum absolute atomic E-state index is 12.6. The summed E-state index contributed by atoms with van der Waals surface area (Å²) in [4.78, 5) is 17.4. The van der Waals surface area contributed by atoms with Gasteiger partial charge in [-0.1, -0.05) is 0 Å². The minimum Gasteiger partial charge on any atom is -0.386 e. The molecule has 0 radical (unpaired) electrons. The van der Waals surface area contributed by atoms with Crippen molar-refractivity contribution in [1.29, 1.82) is 0 Å². The van der Waals surface area contributed by atoms with Crippen molar-refractivity contribution >= 4 is 0 Å². The zero-order valence-corrected chi connectivity index (χ0v) is 13.8. The number of alkyl halides is 3. The van der Waals surface area contributed by atoms with E-state index in [1.807, 2.05) is 0 Å². The van der Waals surface area contributed by atoms with Crippen molar-refractivity contribution in [1.82, 2.24) is 14.5 Å². The van der Waals surface area contributed by atoms with Gasteiger partial charge in [0.05, 0.1) is 12.9 Å². The average molecular weight is 361 g/mol. The van der Waals surface area contributed by atoms with Crippen LogP contribution in [0.4, 0.5) is 13.2 Å². The van der Waals surface area contributed by atoms with Gasteiger partial charge in [0.25, 0.3) is 5.56 Å². The second-order valence-corrected chi connectivity index (χ2v) is 7.01. The Morgan fingerprint density at radius 2 is 2.08 bits per heavy atom. The number of ether oxygens (including phenoxy) is 1. The summed E-state index contributed by atoms with van der Waals surface area (Å²) in [6, 6.07) is 0.546. The normalized spacial score (nSPS) is 26.2. The van der Waals surface area contributed by atoms with Gasteiger partial charge in [-0.2, -0.15) is 13.2 Å². The first-order chi connectivity index (χ1) is 11.8. The lowest BCUT2D eigenvalue weighted by Gasteiger charge is -2.36. The highest BCUT2D eigenvalue weighted by atomic mass is 19.4. The fourth-order valence-corrected chi connectivity index (χ4v) is 3.46. The van der Waals surface area contributed by atoms with Gasteiger partial charge in [-0.25, -0.2) is 4.98 Å². The summed E-state index contributed by atoms with van der Waals surface area (Å²) in [6.45, 7) is 3.45. The first-order valence-electron chi connectivity index (χ1n) is 8.41. The fraction of sp³-hybridized carbons (Fsp3) is 0.750. The molecular formula is C16H22F3N3O3. The molecule has 6 nitrogen and oxygen atoms in total. The second-order valence-electron chi connectivity index (χ2n) is 7.01. The standard InChI is InChI=1S/C16H22F3N3O3/c17-16(18,19)13-7-14(23)22(11-20-13)8-12-1-4-21(5-2-12)9-15(24)3-6-25-10-15/h7,11-12,24H,1-6,8-10H2. The van der Waals surface area contributed by atoms with Crippen LogP contribution in [0.25, 0.3) is 0 Å². The highest BCUT2D eigenvalue weighted by Crippen LogP contribution is 2.27. The van der Waals surface area contributed by atoms with E-state index in [2.05, 4.69) is 9.88 Å². The third kappa shape index (κ3) is 4.59. The molecule has 0 saturated carbocycles. The van der Waals surface area contributed by atoms with Gasteiger partial charge in [0, 0.05) is 32.2 Å². The maximum Gasteiger partial charge on any atom is 0.433 e. The van der Waals surface area contributed by atoms with E-state index in [1.165, 1.54) is 4.57 Å². The van der Waals surface area contributed by atoms with E-state index in [0.717, 1.165) is 32.3 Å². The van der Waals surface area contributed by atoms with E-state index >= 15 is 0 Å². The molecule has 1 aromatic heterocycles. The summed E-state index contributed by atoms with van der Waals surface area (Å²) in [5, 5.41) is 10.4. The van der Waals surface area contributed by atoms with Crippen LogP contribution in [0.15, 0.2) is 17.2 Å². The topological polar surface area (TPSA) is 67.6 Å². The number of aliphatic hydroxyl groups is 1. The largest absolute Gasteiger partial charge is 0.433 e. The number of likely N-dealkylation sites (tertiary alicyclic amines) is 1. The quantitative estimate of drug-likeness (QED) is 0.871. The van der Waals surface area contributed by atoms with Crippen LogP contribution in [-0.4, -0.2) is 58.0 Å². The van der Waals surface area contributed by atoms with Gasteiger partial charge in [0.1, 0.15) is 5.60 Å². The highest BCUT2D eigenvalue weighted by Gasteiger charge is 2.35. The number of halogens is 3. The van der Waals surface area contributed by atoms with E-state index < -0.39 is 23.0 Å². The lowest BCUT2D eigenvalue weighted by atomic mass is 9.94. The number of hydrogen-bond donors (Lipinski definition) is 1. The first-order valence-corrected chi connectivity index (χ1v) is 8.41. The fourth-order valence-electron chi connectivity index (χ4n) is 3.46. The predicted octanol–water partition coefficient (Wildman–Crippen LogP) is 1.13. The van der Waals surface area contributed by atoms with Crippen LogP contribution in [0.5, 0.6) is 0 Å². The summed E-state index contributed by atoms with van der Waals surface area (Å²) < 4.78 is 44.2. The van der Waals surface area contributed by atoms with Crippen molar-refractivity contribution < 1.29 is 23.0 Å². The van der Waals surface area contributed by atoms with Crippen LogP contribution in [-0.2, 0) is 17.5 Å². The number of β-amino-alcohol motifs (C(OH)–C–C–N with tert-alkyl or cyclic N) is 1. The van der Waals surface area contributed by atoms with Gasteiger partial charge in [-0.05, 0) is 31.8 Å². The van der Waals surface area contributed by atoms with E-state index in [4.69, 9.17) is 4.74 Å². The van der Waals surface area contributed by atoms with Crippen molar-refractivity contribution in [2.45, 2.75) is 37.6 Å². The molecule has 0 amide bonds. The molecule has 0 aliphatic carbocycles. The lowest BCUT2D eigenvalue weighted by molar-refractivity contribution is -0.141. The minimum atomic E-state index is -4.60. The number of piperidine rings is 1. The summed E-state index contributed by atoms with van der Waals surface area (Å²) in [6.07, 6.45) is -1.34. The zero-order chi connectivity index (χ0) is 18.1. The Bertz CT molecular complexity index is 648. The molecule has 2 aliphatic rings. The number of rotatable bonds is 4. The highest BCUT2D eigenvalue weighted by molar-refractivity contribution is 5.03. The van der Waals surface area contributed by atoms with Gasteiger partial charge >= 0.3 is 6.18 Å². The van der Waals surface area contributed by atoms with E-state index in [-0.39, 0.29) is 5.92 Å². The molecule has 3 rings (SSSR count). The molecule has 0 spiro atoms. The van der Waals surface area contributed by atoms with Crippen LogP contribution in [0, 0.1) is 5.92 Å². The second kappa shape index (κ2) is 7.05. The van der Waals surface area contributed by atoms with E-state index in [0.29, 0.717) is 38.8 Å². The predicted molar refractivity (Wildman–Crippen MR) is 83.0 cm³/mol. The molecule has 2 saturated heterocycles. The van der Waals surface area contributed by atoms with Crippen molar-refractivity contribution in [2.75, 3.05) is 32.8 Å². The average Bonchev–Trinajstić information content (AvgIpc) is 2.96. The summed E-state index contributed by atoms with van der Waals surface area (Å²) in [7, 11) is 0. The third-order valence-electron chi connectivity index (χ3n) is 4.93. The monoisotopic (exact) mass is 361 g/mol. The van der Waals surface area contributed by atoms with Gasteiger partial charge in [-0.3, -0.25) is 9.36 Å². The molecule has 3 heterocycles. The number of hydrogen-bond acceptors (Lipinski definition) is 5. The molecule has 25 heavy (non-hydrogen) atoms. The smallest absolute Gasteiger partial charge is 0.386 e. The summed E-state index contributed by atoms with van der Waals surface area (Å²) in [5.41, 5.74) is -2.61. The van der Waals surface area contributed by atoms with Crippen molar-refractivity contribution in [3.8, 4) is 0 Å². The third-order valence-corrected chi connectivity index (χ3v) is 4.93. The summed E-state index contributed by atoms with van der Waals surface area (Å²) in [5.74, 6) is 0.210. The maximum atomic E-state index is 12.6. The molecule has 2 fully saturated rings. The van der Waals surface area contributed by atoms with Crippen LogP contribution < -0.4 is 5.56 Å². The Labute approximate surface area is 143 Å². The molecular weight excluding hydrogens is 339 g/mol. The van der Waals surface area contributed by atoms with E-state index in [9.17, 15) is 23.1 Å². The Hall–Kier alpha value is -1.45. The van der Waals surface area contributed by atoms with Crippen molar-refractivity contribution in [3.05, 3.63) is 28.4 Å². The molecule has 1 aromatic rings. The van der Waals surface area contributed by atoms with Crippen molar-refractivity contribution in [2.24, 2.45) is 5.92 Å². The number of aromatic nitrogens is 2. The Morgan fingerprint density at radius 1 is 1.36 bits per heavy atom. The van der Waals surface area contributed by atoms with Crippen LogP contribution in [0.3, 0.4) is 0 Å². The van der Waals surface area contributed by atoms with Crippen LogP contribution in [0.2, 0.25) is 0 Å². The molecule has 1 atom stereocenters. The molecule has 140 valence electrons. The SMILES string of the molecule is O=c1cc(C(F)(F)F)ncn1CC1CCN(CC2(O)CCOC2)CC1. The zero-order valence-electron chi connectivity index (χ0n) is 13.8. The van der Waals surface area contributed by atoms with Gasteiger partial charge in [-0.15, -0.1) is 0 Å². The molecule has 2 aliphatic heterocycles. The van der Waals surface area contributed by atoms with Crippen LogP contribution in [0.1, 0.15) is 25.0 Å². The molecule has 0 bridgehead atoms. The molecule has 1 N–H and O–H groups in total. The van der Waals surface area contributed by atoms with Gasteiger partial charge in [0.2, 0.25) is 0 Å². The lowest BCUT2D eigenvalue weighted by Crippen LogP contribution is -2.47. The number of nitrogens with zero attached hydrogens (tertiary/aromatic N) is 3. The molecule has 1 unspecified atom stereocenters. The Balaban J connectivity index is 1.53. The van der Waals surface area contributed by atoms with Crippen LogP contribution >= 0.6 is 0 Å².